The molecule has 2 fully saturated rings. The van der Waals surface area contributed by atoms with E-state index in [1.165, 1.54) is 55.1 Å². The Kier molecular flexibility index (Phi) is 4.88. The Morgan fingerprint density at radius 3 is 2.56 bits per heavy atom. The summed E-state index contributed by atoms with van der Waals surface area (Å²) in [6.45, 7) is 3.24. The normalized spacial score (nSPS) is 20.0. The Hall–Kier alpha value is -2.07. The molecule has 4 rings (SSSR count). The molecule has 2 N–H and O–H groups in total. The summed E-state index contributed by atoms with van der Waals surface area (Å²) in [5.41, 5.74) is 1.31. The van der Waals surface area contributed by atoms with E-state index in [2.05, 4.69) is 63.0 Å². The smallest absolute Gasteiger partial charge is 0.191 e. The molecule has 1 heterocycles. The van der Waals surface area contributed by atoms with Crippen LogP contribution in [0.2, 0.25) is 0 Å². The van der Waals surface area contributed by atoms with Crippen molar-refractivity contribution in [2.24, 2.45) is 4.99 Å². The van der Waals surface area contributed by atoms with Gasteiger partial charge in [-0.05, 0) is 42.0 Å². The predicted molar refractivity (Wildman–Crippen MR) is 105 cm³/mol. The zero-order chi connectivity index (χ0) is 17.1. The second-order valence-electron chi connectivity index (χ2n) is 7.25. The van der Waals surface area contributed by atoms with E-state index in [-0.39, 0.29) is 0 Å². The number of guanidine groups is 1. The Bertz CT molecular complexity index is 737. The van der Waals surface area contributed by atoms with E-state index < -0.39 is 0 Å². The SMILES string of the molecule is CN=C(NCc1cccc2ccccc12)NC1CCN(C2CC2)CC1. The Balaban J connectivity index is 1.33. The van der Waals surface area contributed by atoms with E-state index in [0.29, 0.717) is 6.04 Å². The van der Waals surface area contributed by atoms with Gasteiger partial charge < -0.3 is 15.5 Å². The van der Waals surface area contributed by atoms with Crippen molar-refractivity contribution < 1.29 is 0 Å². The maximum atomic E-state index is 4.42. The number of piperidine rings is 1. The first-order valence-electron chi connectivity index (χ1n) is 9.51. The van der Waals surface area contributed by atoms with Crippen molar-refractivity contribution in [3.05, 3.63) is 48.0 Å². The first kappa shape index (κ1) is 16.4. The number of aliphatic imine (C=N–C) groups is 1. The Morgan fingerprint density at radius 2 is 1.80 bits per heavy atom. The van der Waals surface area contributed by atoms with Gasteiger partial charge in [-0.3, -0.25) is 4.99 Å². The maximum Gasteiger partial charge on any atom is 0.191 e. The van der Waals surface area contributed by atoms with Crippen LogP contribution in [0.5, 0.6) is 0 Å². The van der Waals surface area contributed by atoms with Crippen LogP contribution in [0.25, 0.3) is 10.8 Å². The van der Waals surface area contributed by atoms with Crippen molar-refractivity contribution in [2.75, 3.05) is 20.1 Å². The molecule has 1 aliphatic carbocycles. The monoisotopic (exact) mass is 336 g/mol. The highest BCUT2D eigenvalue weighted by molar-refractivity contribution is 5.86. The third-order valence-corrected chi connectivity index (χ3v) is 5.48. The van der Waals surface area contributed by atoms with Crippen LogP contribution in [0.15, 0.2) is 47.5 Å². The van der Waals surface area contributed by atoms with Gasteiger partial charge in [-0.15, -0.1) is 0 Å². The summed E-state index contributed by atoms with van der Waals surface area (Å²) in [5.74, 6) is 0.915. The fraction of sp³-hybridized carbons (Fsp3) is 0.476. The highest BCUT2D eigenvalue weighted by atomic mass is 15.2. The molecule has 0 aromatic heterocycles. The van der Waals surface area contributed by atoms with E-state index in [1.807, 2.05) is 7.05 Å². The lowest BCUT2D eigenvalue weighted by atomic mass is 10.0. The van der Waals surface area contributed by atoms with Gasteiger partial charge in [0.05, 0.1) is 0 Å². The molecule has 2 aromatic rings. The molecule has 1 aliphatic heterocycles. The summed E-state index contributed by atoms with van der Waals surface area (Å²) in [6.07, 6.45) is 5.25. The van der Waals surface area contributed by atoms with Crippen molar-refractivity contribution >= 4 is 16.7 Å². The van der Waals surface area contributed by atoms with Crippen molar-refractivity contribution in [2.45, 2.75) is 44.3 Å². The third-order valence-electron chi connectivity index (χ3n) is 5.48. The minimum absolute atomic E-state index is 0.536. The minimum atomic E-state index is 0.536. The van der Waals surface area contributed by atoms with Crippen LogP contribution in [0, 0.1) is 0 Å². The minimum Gasteiger partial charge on any atom is -0.354 e. The number of benzene rings is 2. The van der Waals surface area contributed by atoms with Gasteiger partial charge in [-0.25, -0.2) is 0 Å². The van der Waals surface area contributed by atoms with Gasteiger partial charge >= 0.3 is 0 Å². The average molecular weight is 336 g/mol. The summed E-state index contributed by atoms with van der Waals surface area (Å²) in [6, 6.07) is 16.5. The molecule has 1 saturated carbocycles. The summed E-state index contributed by atoms with van der Waals surface area (Å²) < 4.78 is 0. The van der Waals surface area contributed by atoms with Gasteiger partial charge in [0, 0.05) is 38.8 Å². The first-order chi connectivity index (χ1) is 12.3. The molecule has 0 amide bonds. The van der Waals surface area contributed by atoms with Crippen LogP contribution < -0.4 is 10.6 Å². The van der Waals surface area contributed by atoms with Gasteiger partial charge in [0.25, 0.3) is 0 Å². The maximum absolute atomic E-state index is 4.42. The van der Waals surface area contributed by atoms with Gasteiger partial charge in [0.2, 0.25) is 0 Å². The van der Waals surface area contributed by atoms with Crippen LogP contribution in [-0.4, -0.2) is 43.1 Å². The highest BCUT2D eigenvalue weighted by Gasteiger charge is 2.31. The fourth-order valence-corrected chi connectivity index (χ4v) is 3.86. The third kappa shape index (κ3) is 3.96. The summed E-state index contributed by atoms with van der Waals surface area (Å²) >= 11 is 0. The van der Waals surface area contributed by atoms with E-state index in [4.69, 9.17) is 0 Å². The van der Waals surface area contributed by atoms with E-state index in [9.17, 15) is 0 Å². The van der Waals surface area contributed by atoms with Gasteiger partial charge in [0.1, 0.15) is 0 Å². The lowest BCUT2D eigenvalue weighted by Gasteiger charge is -2.33. The number of nitrogens with zero attached hydrogens (tertiary/aromatic N) is 2. The van der Waals surface area contributed by atoms with Crippen molar-refractivity contribution in [1.29, 1.82) is 0 Å². The molecular weight excluding hydrogens is 308 g/mol. The molecule has 4 nitrogen and oxygen atoms in total. The number of hydrogen-bond acceptors (Lipinski definition) is 2. The molecule has 2 aromatic carbocycles. The van der Waals surface area contributed by atoms with Gasteiger partial charge in [-0.2, -0.15) is 0 Å². The summed E-state index contributed by atoms with van der Waals surface area (Å²) in [5, 5.41) is 9.71. The summed E-state index contributed by atoms with van der Waals surface area (Å²) in [7, 11) is 1.86. The van der Waals surface area contributed by atoms with Crippen LogP contribution >= 0.6 is 0 Å². The number of rotatable bonds is 4. The molecule has 0 bridgehead atoms. The molecule has 1 saturated heterocycles. The van der Waals surface area contributed by atoms with Gasteiger partial charge in [0.15, 0.2) is 5.96 Å². The quantitative estimate of drug-likeness (QED) is 0.666. The van der Waals surface area contributed by atoms with E-state index in [0.717, 1.165) is 18.5 Å². The number of likely N-dealkylation sites (tertiary alicyclic amines) is 1. The highest BCUT2D eigenvalue weighted by Crippen LogP contribution is 2.29. The standard InChI is InChI=1S/C21H28N4/c1-22-21(24-18-11-13-25(14-12-18)19-9-10-19)23-15-17-7-4-6-16-5-2-3-8-20(16)17/h2-8,18-19H,9-15H2,1H3,(H2,22,23,24). The van der Waals surface area contributed by atoms with Crippen molar-refractivity contribution in [3.63, 3.8) is 0 Å². The van der Waals surface area contributed by atoms with Crippen molar-refractivity contribution in [3.8, 4) is 0 Å². The second kappa shape index (κ2) is 7.44. The lowest BCUT2D eigenvalue weighted by Crippen LogP contribution is -2.48. The molecule has 2 aliphatic rings. The average Bonchev–Trinajstić information content (AvgIpc) is 3.51. The Labute approximate surface area is 150 Å². The molecule has 0 atom stereocenters. The Morgan fingerprint density at radius 1 is 1.04 bits per heavy atom. The topological polar surface area (TPSA) is 39.7 Å². The zero-order valence-electron chi connectivity index (χ0n) is 15.0. The molecule has 0 radical (unpaired) electrons. The fourth-order valence-electron chi connectivity index (χ4n) is 3.86. The molecule has 25 heavy (non-hydrogen) atoms. The number of hydrogen-bond donors (Lipinski definition) is 2. The number of fused-ring (bicyclic) bond motifs is 1. The van der Waals surface area contributed by atoms with Gasteiger partial charge in [-0.1, -0.05) is 42.5 Å². The molecule has 0 spiro atoms. The van der Waals surface area contributed by atoms with E-state index >= 15 is 0 Å². The van der Waals surface area contributed by atoms with Crippen LogP contribution in [0.4, 0.5) is 0 Å². The van der Waals surface area contributed by atoms with Crippen molar-refractivity contribution in [1.82, 2.24) is 15.5 Å². The second-order valence-corrected chi connectivity index (χ2v) is 7.25. The first-order valence-corrected chi connectivity index (χ1v) is 9.51. The zero-order valence-corrected chi connectivity index (χ0v) is 15.0. The lowest BCUT2D eigenvalue weighted by molar-refractivity contribution is 0.197. The van der Waals surface area contributed by atoms with E-state index in [1.54, 1.807) is 0 Å². The largest absolute Gasteiger partial charge is 0.354 e. The molecule has 132 valence electrons. The molecule has 4 heteroatoms. The van der Waals surface area contributed by atoms with Crippen LogP contribution in [0.1, 0.15) is 31.2 Å². The summed E-state index contributed by atoms with van der Waals surface area (Å²) in [4.78, 5) is 7.08. The van der Waals surface area contributed by atoms with Crippen LogP contribution in [-0.2, 0) is 6.54 Å². The molecule has 0 unspecified atom stereocenters. The predicted octanol–water partition coefficient (Wildman–Crippen LogP) is 3.13. The van der Waals surface area contributed by atoms with Crippen LogP contribution in [0.3, 0.4) is 0 Å². The molecular formula is C21H28N4. The number of nitrogens with one attached hydrogen (secondary N) is 2.